The molecule has 2 heterocycles. The number of methoxy groups -OCH3 is 1. The molecule has 6 nitrogen and oxygen atoms in total. The van der Waals surface area contributed by atoms with Gasteiger partial charge in [0.05, 0.1) is 19.9 Å². The maximum Gasteiger partial charge on any atom is 0.276 e. The minimum Gasteiger partial charge on any atom is -0.496 e. The van der Waals surface area contributed by atoms with Gasteiger partial charge in [0.1, 0.15) is 17.6 Å². The monoisotopic (exact) mass is 283 g/mol. The van der Waals surface area contributed by atoms with Crippen LogP contribution in [0.5, 0.6) is 5.75 Å². The molecule has 0 N–H and O–H groups in total. The summed E-state index contributed by atoms with van der Waals surface area (Å²) >= 11 is 0. The van der Waals surface area contributed by atoms with Crippen LogP contribution in [0.4, 0.5) is 0 Å². The van der Waals surface area contributed by atoms with Crippen LogP contribution in [0.15, 0.2) is 47.7 Å². The smallest absolute Gasteiger partial charge is 0.276 e. The van der Waals surface area contributed by atoms with Crippen molar-refractivity contribution >= 4 is 11.8 Å². The summed E-state index contributed by atoms with van der Waals surface area (Å²) in [6, 6.07) is 6.79. The summed E-state index contributed by atoms with van der Waals surface area (Å²) in [7, 11) is 1.56. The Morgan fingerprint density at radius 1 is 1.29 bits per heavy atom. The number of ether oxygens (including phenoxy) is 1. The minimum atomic E-state index is -0.145. The number of aromatic nitrogens is 3. The van der Waals surface area contributed by atoms with Crippen LogP contribution < -0.4 is 10.3 Å². The molecule has 0 saturated carbocycles. The second kappa shape index (κ2) is 5.24. The molecule has 0 fully saturated rings. The lowest BCUT2D eigenvalue weighted by Gasteiger charge is -2.11. The van der Waals surface area contributed by atoms with Crippen LogP contribution in [0.2, 0.25) is 0 Å². The first-order valence-corrected chi connectivity index (χ1v) is 6.38. The predicted octanol–water partition coefficient (Wildman–Crippen LogP) is 1.37. The summed E-state index contributed by atoms with van der Waals surface area (Å²) in [6.07, 6.45) is 5.72. The van der Waals surface area contributed by atoms with E-state index < -0.39 is 0 Å². The Kier molecular flexibility index (Phi) is 3.27. The summed E-state index contributed by atoms with van der Waals surface area (Å²) in [5.74, 6) is 0.640. The normalized spacial score (nSPS) is 10.7. The summed E-state index contributed by atoms with van der Waals surface area (Å²) in [5, 5.41) is 4.02. The van der Waals surface area contributed by atoms with Crippen molar-refractivity contribution in [2.24, 2.45) is 0 Å². The fraction of sp³-hybridized carbons (Fsp3) is 0.133. The van der Waals surface area contributed by atoms with E-state index in [1.54, 1.807) is 54.5 Å². The lowest BCUT2D eigenvalue weighted by atomic mass is 10.1. The minimum absolute atomic E-state index is 0.145. The van der Waals surface area contributed by atoms with Crippen LogP contribution in [-0.4, -0.2) is 27.6 Å². The van der Waals surface area contributed by atoms with Crippen LogP contribution in [0, 0.1) is 0 Å². The molecule has 1 aromatic carbocycles. The maximum atomic E-state index is 12.3. The highest BCUT2D eigenvalue weighted by Crippen LogP contribution is 2.20. The fourth-order valence-corrected chi connectivity index (χ4v) is 2.26. The van der Waals surface area contributed by atoms with Crippen LogP contribution in [-0.2, 0) is 6.54 Å². The quantitative estimate of drug-likeness (QED) is 0.678. The number of fused-ring (bicyclic) bond motifs is 1. The van der Waals surface area contributed by atoms with Gasteiger partial charge in [-0.15, -0.1) is 0 Å². The molecule has 21 heavy (non-hydrogen) atoms. The summed E-state index contributed by atoms with van der Waals surface area (Å²) < 4.78 is 8.37. The van der Waals surface area contributed by atoms with E-state index >= 15 is 0 Å². The van der Waals surface area contributed by atoms with E-state index in [9.17, 15) is 9.59 Å². The van der Waals surface area contributed by atoms with Gasteiger partial charge in [0.2, 0.25) is 0 Å². The Balaban J connectivity index is 2.07. The predicted molar refractivity (Wildman–Crippen MR) is 76.9 cm³/mol. The highest BCUT2D eigenvalue weighted by atomic mass is 16.5. The van der Waals surface area contributed by atoms with Gasteiger partial charge in [-0.05, 0) is 24.3 Å². The van der Waals surface area contributed by atoms with Gasteiger partial charge in [-0.1, -0.05) is 0 Å². The molecule has 0 aliphatic rings. The van der Waals surface area contributed by atoms with Crippen molar-refractivity contribution in [1.82, 2.24) is 14.2 Å². The van der Waals surface area contributed by atoms with E-state index in [0.29, 0.717) is 23.4 Å². The van der Waals surface area contributed by atoms with E-state index in [2.05, 4.69) is 5.10 Å². The molecule has 0 spiro atoms. The number of benzene rings is 1. The van der Waals surface area contributed by atoms with E-state index in [4.69, 9.17) is 4.74 Å². The van der Waals surface area contributed by atoms with E-state index in [1.807, 2.05) is 0 Å². The molecule has 0 bridgehead atoms. The third kappa shape index (κ3) is 2.31. The molecule has 0 aliphatic carbocycles. The summed E-state index contributed by atoms with van der Waals surface area (Å²) in [6.45, 7) is 0.325. The molecule has 0 amide bonds. The molecular formula is C15H13N3O3. The Morgan fingerprint density at radius 3 is 2.90 bits per heavy atom. The molecule has 0 saturated heterocycles. The second-order valence-electron chi connectivity index (χ2n) is 4.58. The van der Waals surface area contributed by atoms with Gasteiger partial charge in [-0.2, -0.15) is 5.10 Å². The van der Waals surface area contributed by atoms with Crippen molar-refractivity contribution in [3.05, 3.63) is 64.3 Å². The number of hydrogen-bond donors (Lipinski definition) is 0. The zero-order valence-corrected chi connectivity index (χ0v) is 11.4. The van der Waals surface area contributed by atoms with Gasteiger partial charge in [0, 0.05) is 23.5 Å². The van der Waals surface area contributed by atoms with Gasteiger partial charge in [0.15, 0.2) is 0 Å². The Hall–Kier alpha value is -2.89. The third-order valence-corrected chi connectivity index (χ3v) is 3.32. The molecule has 106 valence electrons. The van der Waals surface area contributed by atoms with Crippen molar-refractivity contribution in [3.63, 3.8) is 0 Å². The molecule has 0 aliphatic heterocycles. The van der Waals surface area contributed by atoms with E-state index in [0.717, 1.165) is 11.8 Å². The number of carbonyl (C=O) groups excluding carboxylic acids is 1. The Morgan fingerprint density at radius 2 is 2.14 bits per heavy atom. The van der Waals surface area contributed by atoms with E-state index in [-0.39, 0.29) is 5.56 Å². The van der Waals surface area contributed by atoms with Gasteiger partial charge in [-0.3, -0.25) is 9.59 Å². The zero-order valence-electron chi connectivity index (χ0n) is 11.4. The summed E-state index contributed by atoms with van der Waals surface area (Å²) in [5.41, 5.74) is 1.67. The van der Waals surface area contributed by atoms with Crippen molar-refractivity contribution in [1.29, 1.82) is 0 Å². The van der Waals surface area contributed by atoms with Crippen molar-refractivity contribution in [2.75, 3.05) is 7.11 Å². The number of aldehydes is 1. The van der Waals surface area contributed by atoms with Crippen molar-refractivity contribution in [3.8, 4) is 5.75 Å². The first-order chi connectivity index (χ1) is 10.2. The number of nitrogens with zero attached hydrogens (tertiary/aromatic N) is 3. The molecular weight excluding hydrogens is 270 g/mol. The largest absolute Gasteiger partial charge is 0.496 e. The fourth-order valence-electron chi connectivity index (χ4n) is 2.26. The number of hydrogen-bond acceptors (Lipinski definition) is 4. The average Bonchev–Trinajstić information content (AvgIpc) is 2.99. The molecule has 0 atom stereocenters. The van der Waals surface area contributed by atoms with Crippen LogP contribution in [0.3, 0.4) is 0 Å². The first kappa shape index (κ1) is 13.1. The maximum absolute atomic E-state index is 12.3. The average molecular weight is 283 g/mol. The molecule has 0 radical (unpaired) electrons. The van der Waals surface area contributed by atoms with Gasteiger partial charge in [-0.25, -0.2) is 4.52 Å². The van der Waals surface area contributed by atoms with Crippen molar-refractivity contribution < 1.29 is 9.53 Å². The molecule has 0 unspecified atom stereocenters. The molecule has 3 rings (SSSR count). The Bertz CT molecular complexity index is 864. The van der Waals surface area contributed by atoms with Crippen molar-refractivity contribution in [2.45, 2.75) is 6.54 Å². The van der Waals surface area contributed by atoms with Crippen LogP contribution in [0.25, 0.3) is 5.52 Å². The zero-order chi connectivity index (χ0) is 14.8. The van der Waals surface area contributed by atoms with E-state index in [1.165, 1.54) is 4.52 Å². The highest BCUT2D eigenvalue weighted by molar-refractivity contribution is 5.75. The lowest BCUT2D eigenvalue weighted by molar-refractivity contribution is 0.112. The summed E-state index contributed by atoms with van der Waals surface area (Å²) in [4.78, 5) is 23.2. The van der Waals surface area contributed by atoms with Gasteiger partial charge in [0.25, 0.3) is 5.56 Å². The Labute approximate surface area is 120 Å². The lowest BCUT2D eigenvalue weighted by Crippen LogP contribution is -2.22. The van der Waals surface area contributed by atoms with Crippen LogP contribution >= 0.6 is 0 Å². The number of rotatable bonds is 4. The first-order valence-electron chi connectivity index (χ1n) is 6.38. The SMILES string of the molecule is COc1ccc(C=O)cc1Cn1ccn2nccc2c1=O. The van der Waals surface area contributed by atoms with Gasteiger partial charge < -0.3 is 9.30 Å². The number of carbonyl (C=O) groups is 1. The molecule has 6 heteroatoms. The van der Waals surface area contributed by atoms with Crippen LogP contribution in [0.1, 0.15) is 15.9 Å². The second-order valence-corrected chi connectivity index (χ2v) is 4.58. The third-order valence-electron chi connectivity index (χ3n) is 3.32. The standard InChI is InChI=1S/C15H13N3O3/c1-21-14-3-2-11(10-19)8-12(14)9-17-6-7-18-13(15(17)20)4-5-16-18/h2-8,10H,9H2,1H3. The van der Waals surface area contributed by atoms with Gasteiger partial charge >= 0.3 is 0 Å². The molecule has 3 aromatic rings. The topological polar surface area (TPSA) is 65.6 Å². The molecule has 2 aromatic heterocycles. The highest BCUT2D eigenvalue weighted by Gasteiger charge is 2.08.